The normalized spacial score (nSPS) is 11.3. The van der Waals surface area contributed by atoms with E-state index in [1.807, 2.05) is 60.7 Å². The first-order chi connectivity index (χ1) is 21.3. The maximum absolute atomic E-state index is 4.87. The molecular weight excluding hydrogens is 524 g/mol. The van der Waals surface area contributed by atoms with Gasteiger partial charge in [0.05, 0.1) is 11.0 Å². The topological polar surface area (TPSA) is 43.6 Å². The van der Waals surface area contributed by atoms with Gasteiger partial charge in [-0.2, -0.15) is 0 Å². The summed E-state index contributed by atoms with van der Waals surface area (Å²) < 4.78 is 2.34. The van der Waals surface area contributed by atoms with Crippen LogP contribution in [-0.2, 0) is 0 Å². The number of hydrogen-bond donors (Lipinski definition) is 0. The second kappa shape index (κ2) is 10.5. The maximum atomic E-state index is 4.87. The van der Waals surface area contributed by atoms with Crippen LogP contribution in [0.25, 0.3) is 72.8 Å². The molecule has 4 heteroatoms. The largest absolute Gasteiger partial charge is 0.309 e. The molecule has 4 nitrogen and oxygen atoms in total. The Morgan fingerprint density at radius 1 is 0.302 bits per heavy atom. The van der Waals surface area contributed by atoms with Crippen molar-refractivity contribution in [2.75, 3.05) is 0 Å². The Morgan fingerprint density at radius 2 is 0.651 bits per heavy atom. The van der Waals surface area contributed by atoms with Crippen molar-refractivity contribution in [3.05, 3.63) is 158 Å². The van der Waals surface area contributed by atoms with Crippen LogP contribution in [0.1, 0.15) is 0 Å². The third kappa shape index (κ3) is 4.55. The number of nitrogens with zero attached hydrogens (tertiary/aromatic N) is 4. The summed E-state index contributed by atoms with van der Waals surface area (Å²) in [6.45, 7) is 0. The van der Waals surface area contributed by atoms with E-state index in [9.17, 15) is 0 Å². The fourth-order valence-electron chi connectivity index (χ4n) is 5.75. The second-order valence-corrected chi connectivity index (χ2v) is 10.5. The van der Waals surface area contributed by atoms with Crippen molar-refractivity contribution in [2.24, 2.45) is 0 Å². The van der Waals surface area contributed by atoms with Gasteiger partial charge in [-0.15, -0.1) is 0 Å². The minimum Gasteiger partial charge on any atom is -0.309 e. The Bertz CT molecular complexity index is 2090. The number of aromatic nitrogens is 4. The second-order valence-electron chi connectivity index (χ2n) is 10.5. The van der Waals surface area contributed by atoms with Gasteiger partial charge in [0, 0.05) is 33.2 Å². The summed E-state index contributed by atoms with van der Waals surface area (Å²) in [5, 5.41) is 2.53. The van der Waals surface area contributed by atoms with Crippen molar-refractivity contribution in [3.63, 3.8) is 0 Å². The van der Waals surface area contributed by atoms with Gasteiger partial charge in [-0.3, -0.25) is 0 Å². The molecule has 8 rings (SSSR count). The number of rotatable bonds is 5. The van der Waals surface area contributed by atoms with E-state index >= 15 is 0 Å². The van der Waals surface area contributed by atoms with Gasteiger partial charge >= 0.3 is 0 Å². The van der Waals surface area contributed by atoms with Gasteiger partial charge < -0.3 is 4.57 Å². The Hall–Kier alpha value is -5.87. The molecule has 0 N–H and O–H groups in total. The summed E-state index contributed by atoms with van der Waals surface area (Å²) in [6, 6.07) is 54.6. The number of hydrogen-bond acceptors (Lipinski definition) is 3. The predicted molar refractivity (Wildman–Crippen MR) is 176 cm³/mol. The molecule has 6 aromatic carbocycles. The van der Waals surface area contributed by atoms with Gasteiger partial charge in [-0.1, -0.05) is 133 Å². The first kappa shape index (κ1) is 24.9. The summed E-state index contributed by atoms with van der Waals surface area (Å²) in [6.07, 6.45) is 0. The molecule has 2 heterocycles. The maximum Gasteiger partial charge on any atom is 0.164 e. The van der Waals surface area contributed by atoms with Gasteiger partial charge in [-0.25, -0.2) is 15.0 Å². The van der Waals surface area contributed by atoms with E-state index in [-0.39, 0.29) is 0 Å². The highest BCUT2D eigenvalue weighted by Gasteiger charge is 2.13. The van der Waals surface area contributed by atoms with E-state index in [1.54, 1.807) is 0 Å². The van der Waals surface area contributed by atoms with Crippen molar-refractivity contribution < 1.29 is 0 Å². The number of para-hydroxylation sites is 2. The fourth-order valence-corrected chi connectivity index (χ4v) is 5.75. The lowest BCUT2D eigenvalue weighted by Gasteiger charge is -2.10. The summed E-state index contributed by atoms with van der Waals surface area (Å²) in [4.78, 5) is 14.5. The first-order valence-corrected chi connectivity index (χ1v) is 14.4. The van der Waals surface area contributed by atoms with Crippen LogP contribution in [0.3, 0.4) is 0 Å². The minimum atomic E-state index is 0.654. The molecule has 0 saturated carbocycles. The zero-order valence-electron chi connectivity index (χ0n) is 23.3. The third-order valence-electron chi connectivity index (χ3n) is 7.88. The zero-order chi connectivity index (χ0) is 28.6. The lowest BCUT2D eigenvalue weighted by atomic mass is 10.0. The van der Waals surface area contributed by atoms with Gasteiger partial charge in [0.25, 0.3) is 0 Å². The molecule has 0 aliphatic heterocycles. The number of fused-ring (bicyclic) bond motifs is 3. The van der Waals surface area contributed by atoms with Crippen LogP contribution in [0.5, 0.6) is 0 Å². The average molecular weight is 551 g/mol. The monoisotopic (exact) mass is 550 g/mol. The van der Waals surface area contributed by atoms with Crippen LogP contribution < -0.4 is 0 Å². The molecule has 0 aliphatic carbocycles. The molecule has 0 saturated heterocycles. The predicted octanol–water partition coefficient (Wildman–Crippen LogP) is 9.64. The zero-order valence-corrected chi connectivity index (χ0v) is 23.3. The molecule has 0 radical (unpaired) electrons. The molecule has 0 bridgehead atoms. The van der Waals surface area contributed by atoms with Crippen LogP contribution in [0.4, 0.5) is 0 Å². The molecule has 2 aromatic heterocycles. The highest BCUT2D eigenvalue weighted by atomic mass is 15.0. The summed E-state index contributed by atoms with van der Waals surface area (Å²) in [7, 11) is 0. The standard InChI is InChI=1S/C39H26N4/c1-3-11-29(12-4-1)37-40-38(30-13-5-2-6-14-30)42-39(41-37)31-21-19-27(20-22-31)28-23-25-32(26-24-28)43-35-17-9-7-15-33(35)34-16-8-10-18-36(34)43/h1-26H. The molecule has 8 aromatic rings. The lowest BCUT2D eigenvalue weighted by molar-refractivity contribution is 1.07. The minimum absolute atomic E-state index is 0.654. The molecule has 0 amide bonds. The Labute approximate surface area is 249 Å². The van der Waals surface area contributed by atoms with Crippen molar-refractivity contribution in [1.82, 2.24) is 19.5 Å². The van der Waals surface area contributed by atoms with E-state index in [0.717, 1.165) is 33.5 Å². The van der Waals surface area contributed by atoms with Crippen LogP contribution in [0.2, 0.25) is 0 Å². The molecule has 0 spiro atoms. The number of benzene rings is 6. The van der Waals surface area contributed by atoms with E-state index in [0.29, 0.717) is 17.5 Å². The smallest absolute Gasteiger partial charge is 0.164 e. The summed E-state index contributed by atoms with van der Waals surface area (Å²) >= 11 is 0. The molecule has 202 valence electrons. The van der Waals surface area contributed by atoms with Crippen LogP contribution >= 0.6 is 0 Å². The molecule has 0 fully saturated rings. The summed E-state index contributed by atoms with van der Waals surface area (Å²) in [5.74, 6) is 1.98. The van der Waals surface area contributed by atoms with E-state index in [2.05, 4.69) is 102 Å². The molecule has 0 aliphatic rings. The highest BCUT2D eigenvalue weighted by Crippen LogP contribution is 2.33. The van der Waals surface area contributed by atoms with E-state index in [1.165, 1.54) is 21.8 Å². The fraction of sp³-hybridized carbons (Fsp3) is 0. The molecule has 43 heavy (non-hydrogen) atoms. The van der Waals surface area contributed by atoms with Gasteiger partial charge in [0.1, 0.15) is 0 Å². The Balaban J connectivity index is 1.15. The van der Waals surface area contributed by atoms with E-state index in [4.69, 9.17) is 15.0 Å². The SMILES string of the molecule is c1ccc(-c2nc(-c3ccccc3)nc(-c3ccc(-c4ccc(-n5c6ccccc6c6ccccc65)cc4)cc3)n2)cc1. The van der Waals surface area contributed by atoms with Crippen LogP contribution in [0.15, 0.2) is 158 Å². The van der Waals surface area contributed by atoms with Crippen molar-refractivity contribution in [1.29, 1.82) is 0 Å². The van der Waals surface area contributed by atoms with Crippen molar-refractivity contribution in [3.8, 4) is 51.0 Å². The molecule has 0 unspecified atom stereocenters. The Kier molecular flexibility index (Phi) is 6.08. The van der Waals surface area contributed by atoms with Gasteiger partial charge in [-0.05, 0) is 35.4 Å². The van der Waals surface area contributed by atoms with E-state index < -0.39 is 0 Å². The molecule has 0 atom stereocenters. The van der Waals surface area contributed by atoms with Gasteiger partial charge in [0.2, 0.25) is 0 Å². The lowest BCUT2D eigenvalue weighted by Crippen LogP contribution is -2.00. The molecular formula is C39H26N4. The quantitative estimate of drug-likeness (QED) is 0.214. The van der Waals surface area contributed by atoms with Crippen LogP contribution in [0, 0.1) is 0 Å². The van der Waals surface area contributed by atoms with Crippen molar-refractivity contribution >= 4 is 21.8 Å². The van der Waals surface area contributed by atoms with Crippen LogP contribution in [-0.4, -0.2) is 19.5 Å². The Morgan fingerprint density at radius 3 is 1.12 bits per heavy atom. The average Bonchev–Trinajstić information content (AvgIpc) is 3.43. The van der Waals surface area contributed by atoms with Crippen molar-refractivity contribution in [2.45, 2.75) is 0 Å². The first-order valence-electron chi connectivity index (χ1n) is 14.4. The third-order valence-corrected chi connectivity index (χ3v) is 7.88. The summed E-state index contributed by atoms with van der Waals surface area (Å²) in [5.41, 5.74) is 8.73. The highest BCUT2D eigenvalue weighted by molar-refractivity contribution is 6.09. The van der Waals surface area contributed by atoms with Gasteiger partial charge in [0.15, 0.2) is 17.5 Å².